The van der Waals surface area contributed by atoms with Crippen molar-refractivity contribution in [1.29, 1.82) is 0 Å². The first-order valence-corrected chi connectivity index (χ1v) is 6.82. The van der Waals surface area contributed by atoms with Crippen LogP contribution in [-0.4, -0.2) is 11.7 Å². The predicted molar refractivity (Wildman–Crippen MR) is 79.0 cm³/mol. The largest absolute Gasteiger partial charge is 0.494 e. The molecule has 0 aliphatic heterocycles. The Hall–Kier alpha value is -2.00. The van der Waals surface area contributed by atoms with Crippen molar-refractivity contribution in [2.45, 2.75) is 26.6 Å². The van der Waals surface area contributed by atoms with Crippen LogP contribution in [-0.2, 0) is 6.61 Å². The molecule has 2 rings (SSSR count). The molecule has 0 spiro atoms. The molecule has 3 heteroatoms. The molecule has 3 nitrogen and oxygen atoms in total. The topological polar surface area (TPSA) is 38.7 Å². The van der Waals surface area contributed by atoms with E-state index in [-0.39, 0.29) is 0 Å². The van der Waals surface area contributed by atoms with E-state index >= 15 is 0 Å². The van der Waals surface area contributed by atoms with Crippen LogP contribution in [0.2, 0.25) is 0 Å². The maximum atomic E-state index is 9.80. The molecular weight excluding hydrogens is 252 g/mol. The smallest absolute Gasteiger partial charge is 0.129 e. The van der Waals surface area contributed by atoms with Crippen molar-refractivity contribution in [1.82, 2.24) is 0 Å². The van der Waals surface area contributed by atoms with Gasteiger partial charge in [0.1, 0.15) is 18.1 Å². The molecule has 106 valence electrons. The van der Waals surface area contributed by atoms with E-state index in [1.807, 2.05) is 55.5 Å². The van der Waals surface area contributed by atoms with Crippen molar-refractivity contribution in [3.8, 4) is 11.5 Å². The van der Waals surface area contributed by atoms with Gasteiger partial charge in [0, 0.05) is 11.6 Å². The van der Waals surface area contributed by atoms with Crippen molar-refractivity contribution in [3.05, 3.63) is 59.7 Å². The summed E-state index contributed by atoms with van der Waals surface area (Å²) in [4.78, 5) is 0. The fraction of sp³-hybridized carbons (Fsp3) is 0.294. The van der Waals surface area contributed by atoms with Crippen molar-refractivity contribution < 1.29 is 14.6 Å². The molecule has 0 bridgehead atoms. The van der Waals surface area contributed by atoms with Crippen LogP contribution in [0.5, 0.6) is 11.5 Å². The maximum absolute atomic E-state index is 9.80. The highest BCUT2D eigenvalue weighted by molar-refractivity contribution is 5.42. The van der Waals surface area contributed by atoms with E-state index in [0.717, 1.165) is 16.9 Å². The highest BCUT2D eigenvalue weighted by Gasteiger charge is 2.11. The lowest BCUT2D eigenvalue weighted by atomic mass is 10.1. The quantitative estimate of drug-likeness (QED) is 0.871. The molecule has 0 saturated carbocycles. The highest BCUT2D eigenvalue weighted by atomic mass is 16.5. The van der Waals surface area contributed by atoms with Gasteiger partial charge in [-0.3, -0.25) is 0 Å². The van der Waals surface area contributed by atoms with Gasteiger partial charge in [-0.1, -0.05) is 30.3 Å². The monoisotopic (exact) mass is 272 g/mol. The van der Waals surface area contributed by atoms with Crippen LogP contribution < -0.4 is 9.47 Å². The van der Waals surface area contributed by atoms with Crippen LogP contribution in [0.15, 0.2) is 48.5 Å². The Bertz CT molecular complexity index is 535. The predicted octanol–water partition coefficient (Wildman–Crippen LogP) is 3.72. The van der Waals surface area contributed by atoms with Gasteiger partial charge >= 0.3 is 0 Å². The van der Waals surface area contributed by atoms with Crippen molar-refractivity contribution in [2.75, 3.05) is 6.61 Å². The molecular formula is C17H20O3. The Labute approximate surface area is 119 Å². The average Bonchev–Trinajstić information content (AvgIpc) is 2.46. The van der Waals surface area contributed by atoms with E-state index in [9.17, 15) is 5.11 Å². The summed E-state index contributed by atoms with van der Waals surface area (Å²) < 4.78 is 11.3. The van der Waals surface area contributed by atoms with Gasteiger partial charge in [0.15, 0.2) is 0 Å². The number of hydrogen-bond donors (Lipinski definition) is 1. The van der Waals surface area contributed by atoms with Crippen molar-refractivity contribution in [3.63, 3.8) is 0 Å². The fourth-order valence-electron chi connectivity index (χ4n) is 1.98. The SMILES string of the molecule is CCOc1ccc(C(C)O)c(OCc2ccccc2)c1. The first-order valence-electron chi connectivity index (χ1n) is 6.82. The summed E-state index contributed by atoms with van der Waals surface area (Å²) in [6.07, 6.45) is -0.573. The number of benzene rings is 2. The van der Waals surface area contributed by atoms with E-state index in [2.05, 4.69) is 0 Å². The molecule has 0 aliphatic carbocycles. The number of ether oxygens (including phenoxy) is 2. The third-order valence-electron chi connectivity index (χ3n) is 2.98. The van der Waals surface area contributed by atoms with Gasteiger partial charge in [-0.25, -0.2) is 0 Å². The van der Waals surface area contributed by atoms with E-state index in [0.29, 0.717) is 19.0 Å². The Morgan fingerprint density at radius 2 is 1.80 bits per heavy atom. The van der Waals surface area contributed by atoms with Gasteiger partial charge in [-0.05, 0) is 31.5 Å². The van der Waals surface area contributed by atoms with Gasteiger partial charge in [0.2, 0.25) is 0 Å². The third kappa shape index (κ3) is 3.75. The van der Waals surface area contributed by atoms with Crippen molar-refractivity contribution >= 4 is 0 Å². The molecule has 2 aromatic carbocycles. The van der Waals surface area contributed by atoms with Crippen LogP contribution in [0.1, 0.15) is 31.1 Å². The molecule has 0 heterocycles. The summed E-state index contributed by atoms with van der Waals surface area (Å²) in [5.74, 6) is 1.41. The minimum absolute atomic E-state index is 0.468. The molecule has 0 saturated heterocycles. The van der Waals surface area contributed by atoms with E-state index in [1.54, 1.807) is 6.92 Å². The molecule has 0 aliphatic rings. The fourth-order valence-corrected chi connectivity index (χ4v) is 1.98. The minimum Gasteiger partial charge on any atom is -0.494 e. The van der Waals surface area contributed by atoms with Gasteiger partial charge in [0.05, 0.1) is 12.7 Å². The van der Waals surface area contributed by atoms with Crippen LogP contribution in [0.4, 0.5) is 0 Å². The lowest BCUT2D eigenvalue weighted by Gasteiger charge is -2.15. The summed E-state index contributed by atoms with van der Waals surface area (Å²) in [5, 5.41) is 9.80. The molecule has 0 fully saturated rings. The van der Waals surface area contributed by atoms with Gasteiger partial charge in [-0.15, -0.1) is 0 Å². The van der Waals surface area contributed by atoms with Crippen LogP contribution >= 0.6 is 0 Å². The second-order valence-corrected chi connectivity index (χ2v) is 4.58. The standard InChI is InChI=1S/C17H20O3/c1-3-19-15-9-10-16(13(2)18)17(11-15)20-12-14-7-5-4-6-8-14/h4-11,13,18H,3,12H2,1-2H3. The summed E-state index contributed by atoms with van der Waals surface area (Å²) >= 11 is 0. The zero-order valence-corrected chi connectivity index (χ0v) is 11.9. The second kappa shape index (κ2) is 6.96. The summed E-state index contributed by atoms with van der Waals surface area (Å²) in [5.41, 5.74) is 1.86. The first kappa shape index (κ1) is 14.4. The normalized spacial score (nSPS) is 11.9. The first-order chi connectivity index (χ1) is 9.70. The van der Waals surface area contributed by atoms with Gasteiger partial charge in [0.25, 0.3) is 0 Å². The number of hydrogen-bond acceptors (Lipinski definition) is 3. The zero-order chi connectivity index (χ0) is 14.4. The molecule has 2 aromatic rings. The summed E-state index contributed by atoms with van der Waals surface area (Å²) in [6, 6.07) is 15.5. The van der Waals surface area contributed by atoms with Crippen LogP contribution in [0.25, 0.3) is 0 Å². The Kier molecular flexibility index (Phi) is 5.02. The lowest BCUT2D eigenvalue weighted by Crippen LogP contribution is -2.02. The Morgan fingerprint density at radius 1 is 1.05 bits per heavy atom. The molecule has 20 heavy (non-hydrogen) atoms. The second-order valence-electron chi connectivity index (χ2n) is 4.58. The van der Waals surface area contributed by atoms with E-state index in [4.69, 9.17) is 9.47 Å². The zero-order valence-electron chi connectivity index (χ0n) is 11.9. The lowest BCUT2D eigenvalue weighted by molar-refractivity contribution is 0.189. The summed E-state index contributed by atoms with van der Waals surface area (Å²) in [6.45, 7) is 4.74. The van der Waals surface area contributed by atoms with Crippen LogP contribution in [0, 0.1) is 0 Å². The Morgan fingerprint density at radius 3 is 2.45 bits per heavy atom. The number of aliphatic hydroxyl groups is 1. The molecule has 0 radical (unpaired) electrons. The third-order valence-corrected chi connectivity index (χ3v) is 2.98. The van der Waals surface area contributed by atoms with Gasteiger partial charge in [-0.2, -0.15) is 0 Å². The number of rotatable bonds is 6. The van der Waals surface area contributed by atoms with E-state index < -0.39 is 6.10 Å². The van der Waals surface area contributed by atoms with Crippen molar-refractivity contribution in [2.24, 2.45) is 0 Å². The maximum Gasteiger partial charge on any atom is 0.129 e. The highest BCUT2D eigenvalue weighted by Crippen LogP contribution is 2.30. The molecule has 1 unspecified atom stereocenters. The molecule has 0 aromatic heterocycles. The molecule has 0 amide bonds. The van der Waals surface area contributed by atoms with Crippen LogP contribution in [0.3, 0.4) is 0 Å². The Balaban J connectivity index is 2.17. The molecule has 1 atom stereocenters. The average molecular weight is 272 g/mol. The van der Waals surface area contributed by atoms with Gasteiger partial charge < -0.3 is 14.6 Å². The summed E-state index contributed by atoms with van der Waals surface area (Å²) in [7, 11) is 0. The minimum atomic E-state index is -0.573. The van der Waals surface area contributed by atoms with E-state index in [1.165, 1.54) is 0 Å². The number of aliphatic hydroxyl groups excluding tert-OH is 1. The molecule has 1 N–H and O–H groups in total.